The zero-order valence-electron chi connectivity index (χ0n) is 23.2. The van der Waals surface area contributed by atoms with Crippen LogP contribution < -0.4 is 10.6 Å². The molecule has 1 aromatic rings. The maximum Gasteiger partial charge on any atom is 0.410 e. The summed E-state index contributed by atoms with van der Waals surface area (Å²) in [6.45, 7) is 13.3. The lowest BCUT2D eigenvalue weighted by atomic mass is 9.71. The van der Waals surface area contributed by atoms with Crippen LogP contribution in [-0.4, -0.2) is 64.7 Å². The highest BCUT2D eigenvalue weighted by atomic mass is 16.6. The van der Waals surface area contributed by atoms with Crippen LogP contribution in [-0.2, 0) is 24.5 Å². The van der Waals surface area contributed by atoms with Crippen LogP contribution in [0.2, 0.25) is 0 Å². The molecule has 206 valence electrons. The molecule has 3 atom stereocenters. The van der Waals surface area contributed by atoms with E-state index in [1.807, 2.05) is 71.9 Å². The second-order valence-electron chi connectivity index (χ2n) is 11.3. The number of aliphatic carboxylic acids is 1. The topological polar surface area (TPSA) is 125 Å². The number of carbonyl (C=O) groups excluding carboxylic acids is 3. The van der Waals surface area contributed by atoms with Gasteiger partial charge in [-0.1, -0.05) is 64.4 Å². The van der Waals surface area contributed by atoms with Gasteiger partial charge in [-0.3, -0.25) is 9.59 Å². The summed E-state index contributed by atoms with van der Waals surface area (Å²) in [6, 6.07) is 7.41. The van der Waals surface area contributed by atoms with E-state index in [0.717, 1.165) is 5.56 Å². The number of likely N-dealkylation sites (tertiary alicyclic amines) is 1. The number of hydrogen-bond acceptors (Lipinski definition) is 5. The highest BCUT2D eigenvalue weighted by Gasteiger charge is 2.46. The Morgan fingerprint density at radius 1 is 1.00 bits per heavy atom. The number of benzene rings is 1. The Balaban J connectivity index is 2.28. The van der Waals surface area contributed by atoms with Crippen molar-refractivity contribution in [3.05, 3.63) is 35.9 Å². The third kappa shape index (κ3) is 7.69. The van der Waals surface area contributed by atoms with Gasteiger partial charge in [0.05, 0.1) is 5.41 Å². The molecule has 1 fully saturated rings. The smallest absolute Gasteiger partial charge is 0.410 e. The highest BCUT2D eigenvalue weighted by Crippen LogP contribution is 2.36. The molecule has 1 aromatic carbocycles. The molecule has 0 saturated carbocycles. The average Bonchev–Trinajstić information content (AvgIpc) is 2.84. The lowest BCUT2D eigenvalue weighted by Crippen LogP contribution is -2.60. The van der Waals surface area contributed by atoms with Gasteiger partial charge in [0, 0.05) is 13.1 Å². The molecule has 3 N–H and O–H groups in total. The Labute approximate surface area is 220 Å². The Morgan fingerprint density at radius 2 is 1.57 bits per heavy atom. The van der Waals surface area contributed by atoms with Gasteiger partial charge in [0.2, 0.25) is 11.8 Å². The van der Waals surface area contributed by atoms with Crippen LogP contribution in [0, 0.1) is 11.8 Å². The van der Waals surface area contributed by atoms with Gasteiger partial charge in [-0.05, 0) is 51.0 Å². The first-order valence-corrected chi connectivity index (χ1v) is 13.1. The van der Waals surface area contributed by atoms with Crippen LogP contribution >= 0.6 is 0 Å². The van der Waals surface area contributed by atoms with Gasteiger partial charge in [0.1, 0.15) is 17.7 Å². The molecule has 1 aliphatic heterocycles. The van der Waals surface area contributed by atoms with E-state index in [1.165, 1.54) is 0 Å². The Kier molecular flexibility index (Phi) is 10.1. The summed E-state index contributed by atoms with van der Waals surface area (Å²) in [4.78, 5) is 53.1. The number of amides is 3. The second kappa shape index (κ2) is 12.4. The van der Waals surface area contributed by atoms with Crippen LogP contribution in [0.25, 0.3) is 0 Å². The number of nitrogens with one attached hydrogen (secondary N) is 2. The van der Waals surface area contributed by atoms with Gasteiger partial charge in [0.15, 0.2) is 0 Å². The Hall–Kier alpha value is -3.10. The summed E-state index contributed by atoms with van der Waals surface area (Å²) < 4.78 is 5.51. The first-order chi connectivity index (χ1) is 17.2. The number of carboxylic acids is 1. The van der Waals surface area contributed by atoms with Crippen molar-refractivity contribution < 1.29 is 29.0 Å². The predicted octanol–water partition coefficient (Wildman–Crippen LogP) is 3.71. The Morgan fingerprint density at radius 3 is 2.03 bits per heavy atom. The van der Waals surface area contributed by atoms with Crippen LogP contribution in [0.15, 0.2) is 30.3 Å². The molecule has 1 heterocycles. The summed E-state index contributed by atoms with van der Waals surface area (Å²) in [5, 5.41) is 15.2. The SMILES string of the molecule is CC[C@@H](C)[C@H](NC(=O)[C@@H](NC(=O)C1(c2ccccc2)CCN(C(=O)OC(C)(C)C)CC1)C(C)C)C(=O)O. The number of carboxylic acid groups (broad SMARTS) is 1. The fraction of sp³-hybridized carbons (Fsp3) is 0.643. The summed E-state index contributed by atoms with van der Waals surface area (Å²) in [6.07, 6.45) is 0.887. The van der Waals surface area contributed by atoms with Gasteiger partial charge in [-0.2, -0.15) is 0 Å². The van der Waals surface area contributed by atoms with Gasteiger partial charge in [-0.15, -0.1) is 0 Å². The molecular formula is C28H43N3O6. The van der Waals surface area contributed by atoms with E-state index in [0.29, 0.717) is 32.4 Å². The minimum Gasteiger partial charge on any atom is -0.480 e. The van der Waals surface area contributed by atoms with E-state index in [-0.39, 0.29) is 17.7 Å². The van der Waals surface area contributed by atoms with Crippen molar-refractivity contribution in [2.24, 2.45) is 11.8 Å². The largest absolute Gasteiger partial charge is 0.480 e. The maximum absolute atomic E-state index is 13.9. The molecule has 1 saturated heterocycles. The minimum absolute atomic E-state index is 0.266. The van der Waals surface area contributed by atoms with Crippen LogP contribution in [0.3, 0.4) is 0 Å². The summed E-state index contributed by atoms with van der Waals surface area (Å²) >= 11 is 0. The lowest BCUT2D eigenvalue weighted by Gasteiger charge is -2.42. The molecule has 3 amide bonds. The molecule has 0 unspecified atom stereocenters. The van der Waals surface area contributed by atoms with Gasteiger partial charge < -0.3 is 25.4 Å². The first-order valence-electron chi connectivity index (χ1n) is 13.1. The predicted molar refractivity (Wildman–Crippen MR) is 141 cm³/mol. The zero-order valence-corrected chi connectivity index (χ0v) is 23.2. The van der Waals surface area contributed by atoms with Crippen molar-refractivity contribution in [1.82, 2.24) is 15.5 Å². The fourth-order valence-electron chi connectivity index (χ4n) is 4.54. The van der Waals surface area contributed by atoms with E-state index >= 15 is 0 Å². The molecule has 9 nitrogen and oxygen atoms in total. The van der Waals surface area contributed by atoms with Gasteiger partial charge in [0.25, 0.3) is 0 Å². The number of piperidine rings is 1. The lowest BCUT2D eigenvalue weighted by molar-refractivity contribution is -0.144. The van der Waals surface area contributed by atoms with E-state index in [1.54, 1.807) is 11.8 Å². The average molecular weight is 518 g/mol. The van der Waals surface area contributed by atoms with Crippen molar-refractivity contribution in [2.75, 3.05) is 13.1 Å². The number of ether oxygens (including phenoxy) is 1. The minimum atomic E-state index is -1.10. The number of carbonyl (C=O) groups is 4. The number of rotatable bonds is 9. The van der Waals surface area contributed by atoms with Crippen molar-refractivity contribution >= 4 is 23.9 Å². The van der Waals surface area contributed by atoms with Crippen molar-refractivity contribution in [3.8, 4) is 0 Å². The number of nitrogens with zero attached hydrogens (tertiary/aromatic N) is 1. The van der Waals surface area contributed by atoms with Crippen molar-refractivity contribution in [1.29, 1.82) is 0 Å². The zero-order chi connectivity index (χ0) is 28.0. The van der Waals surface area contributed by atoms with Crippen LogP contribution in [0.1, 0.15) is 73.3 Å². The first kappa shape index (κ1) is 30.1. The summed E-state index contributed by atoms with van der Waals surface area (Å²) in [5.74, 6) is -2.48. The van der Waals surface area contributed by atoms with E-state index < -0.39 is 41.1 Å². The third-order valence-electron chi connectivity index (χ3n) is 7.04. The standard InChI is InChI=1S/C28H43N3O6/c1-8-19(4)22(24(33)34)29-23(32)21(18(2)3)30-25(35)28(20-12-10-9-11-13-20)14-16-31(17-15-28)26(36)37-27(5,6)7/h9-13,18-19,21-22H,8,14-17H2,1-7H3,(H,29,32)(H,30,35)(H,33,34)/t19-,21+,22+/m1/s1. The molecular weight excluding hydrogens is 474 g/mol. The molecule has 0 radical (unpaired) electrons. The van der Waals surface area contributed by atoms with Gasteiger partial charge >= 0.3 is 12.1 Å². The summed E-state index contributed by atoms with van der Waals surface area (Å²) in [7, 11) is 0. The van der Waals surface area contributed by atoms with Crippen LogP contribution in [0.4, 0.5) is 4.79 Å². The molecule has 1 aliphatic rings. The molecule has 0 bridgehead atoms. The number of hydrogen-bond donors (Lipinski definition) is 3. The highest BCUT2D eigenvalue weighted by molar-refractivity contribution is 5.94. The third-order valence-corrected chi connectivity index (χ3v) is 7.04. The molecule has 9 heteroatoms. The van der Waals surface area contributed by atoms with E-state index in [4.69, 9.17) is 4.74 Å². The van der Waals surface area contributed by atoms with Gasteiger partial charge in [-0.25, -0.2) is 9.59 Å². The normalized spacial score (nSPS) is 17.9. The fourth-order valence-corrected chi connectivity index (χ4v) is 4.54. The molecule has 0 aliphatic carbocycles. The van der Waals surface area contributed by atoms with E-state index in [2.05, 4.69) is 10.6 Å². The van der Waals surface area contributed by atoms with E-state index in [9.17, 15) is 24.3 Å². The second-order valence-corrected chi connectivity index (χ2v) is 11.3. The Bertz CT molecular complexity index is 948. The quantitative estimate of drug-likeness (QED) is 0.459. The maximum atomic E-state index is 13.9. The molecule has 2 rings (SSSR count). The molecule has 0 spiro atoms. The van der Waals surface area contributed by atoms with Crippen LogP contribution in [0.5, 0.6) is 0 Å². The summed E-state index contributed by atoms with van der Waals surface area (Å²) in [5.41, 5.74) is -0.762. The van der Waals surface area contributed by atoms with Crippen molar-refractivity contribution in [3.63, 3.8) is 0 Å². The molecule has 37 heavy (non-hydrogen) atoms. The molecule has 0 aromatic heterocycles. The van der Waals surface area contributed by atoms with Crippen molar-refractivity contribution in [2.45, 2.75) is 90.8 Å². The monoisotopic (exact) mass is 517 g/mol.